The molecule has 4 heteroatoms. The molecule has 2 nitrogen and oxygen atoms in total. The number of benzene rings is 3. The molecule has 0 aromatic heterocycles. The monoisotopic (exact) mass is 672 g/mol. The minimum absolute atomic E-state index is 0. The zero-order valence-corrected chi connectivity index (χ0v) is 28.0. The lowest BCUT2D eigenvalue weighted by Crippen LogP contribution is -3.00. The second-order valence-electron chi connectivity index (χ2n) is 11.7. The summed E-state index contributed by atoms with van der Waals surface area (Å²) < 4.78 is 13.0. The molecule has 0 aliphatic carbocycles. The van der Waals surface area contributed by atoms with Crippen LogP contribution in [0.4, 0.5) is 0 Å². The summed E-state index contributed by atoms with van der Waals surface area (Å²) in [5, 5.41) is 4.38. The minimum atomic E-state index is -1.80. The van der Waals surface area contributed by atoms with Crippen LogP contribution in [0.3, 0.4) is 0 Å². The highest BCUT2D eigenvalue weighted by atomic mass is 127. The molecule has 4 rings (SSSR count). The molecule has 0 radical (unpaired) electrons. The van der Waals surface area contributed by atoms with E-state index >= 15 is 0 Å². The number of halogens is 1. The summed E-state index contributed by atoms with van der Waals surface area (Å²) >= 11 is 0. The summed E-state index contributed by atoms with van der Waals surface area (Å²) in [6, 6.07) is 33.7. The predicted octanol–water partition coefficient (Wildman–Crippen LogP) is 5.82. The van der Waals surface area contributed by atoms with Crippen LogP contribution in [0.15, 0.2) is 91.0 Å². The van der Waals surface area contributed by atoms with Crippen molar-refractivity contribution in [3.05, 3.63) is 91.0 Å². The second-order valence-corrected chi connectivity index (χ2v) is 15.3. The van der Waals surface area contributed by atoms with Crippen molar-refractivity contribution in [1.29, 1.82) is 0 Å². The van der Waals surface area contributed by atoms with Crippen molar-refractivity contribution in [1.82, 2.24) is 0 Å². The van der Waals surface area contributed by atoms with Gasteiger partial charge in [-0.25, -0.2) is 0 Å². The minimum Gasteiger partial charge on any atom is -1.00 e. The molecule has 1 aliphatic heterocycles. The molecule has 218 valence electrons. The van der Waals surface area contributed by atoms with E-state index in [1.165, 1.54) is 67.3 Å². The molecule has 0 amide bonds. The highest BCUT2D eigenvalue weighted by Gasteiger charge is 2.46. The lowest BCUT2D eigenvalue weighted by Gasteiger charge is -2.28. The number of hydrogen-bond acceptors (Lipinski definition) is 2. The number of ether oxygens (including phenoxy) is 2. The highest BCUT2D eigenvalue weighted by Crippen LogP contribution is 2.56. The van der Waals surface area contributed by atoms with Crippen molar-refractivity contribution in [3.8, 4) is 0 Å². The van der Waals surface area contributed by atoms with Gasteiger partial charge in [-0.1, -0.05) is 113 Å². The quantitative estimate of drug-likeness (QED) is 0.109. The normalized spacial score (nSPS) is 18.4. The van der Waals surface area contributed by atoms with Gasteiger partial charge in [0.1, 0.15) is 23.2 Å². The molecule has 3 aromatic rings. The van der Waals surface area contributed by atoms with Crippen molar-refractivity contribution >= 4 is 23.2 Å². The molecule has 0 unspecified atom stereocenters. The third-order valence-corrected chi connectivity index (χ3v) is 12.7. The Hall–Kier alpha value is -1.26. The molecular weight excluding hydrogens is 622 g/mol. The van der Waals surface area contributed by atoms with Gasteiger partial charge in [-0.3, -0.25) is 0 Å². The molecule has 0 saturated carbocycles. The van der Waals surface area contributed by atoms with E-state index in [0.29, 0.717) is 0 Å². The van der Waals surface area contributed by atoms with Crippen LogP contribution < -0.4 is 39.9 Å². The maximum absolute atomic E-state index is 6.51. The highest BCUT2D eigenvalue weighted by molar-refractivity contribution is 7.95. The molecule has 1 fully saturated rings. The SMILES string of the molecule is CCCCCCCCCC[C@@H]1OC(C)(C)O[C@H]1CCC[P+](c1ccccc1)(c1ccccc1)c1ccccc1.[I-]. The lowest BCUT2D eigenvalue weighted by atomic mass is 10.0. The Morgan fingerprint density at radius 1 is 0.550 bits per heavy atom. The van der Waals surface area contributed by atoms with E-state index < -0.39 is 13.0 Å². The summed E-state index contributed by atoms with van der Waals surface area (Å²) in [7, 11) is -1.80. The van der Waals surface area contributed by atoms with Gasteiger partial charge in [0.15, 0.2) is 5.79 Å². The third kappa shape index (κ3) is 9.12. The Balaban J connectivity index is 0.00000441. The van der Waals surface area contributed by atoms with Crippen LogP contribution in [0.5, 0.6) is 0 Å². The van der Waals surface area contributed by atoms with Gasteiger partial charge < -0.3 is 33.5 Å². The van der Waals surface area contributed by atoms with E-state index in [9.17, 15) is 0 Å². The maximum Gasteiger partial charge on any atom is 0.163 e. The van der Waals surface area contributed by atoms with Crippen LogP contribution in [0.1, 0.15) is 91.4 Å². The van der Waals surface area contributed by atoms with Crippen LogP contribution in [-0.4, -0.2) is 24.2 Å². The van der Waals surface area contributed by atoms with Crippen molar-refractivity contribution < 1.29 is 33.5 Å². The smallest absolute Gasteiger partial charge is 0.163 e. The van der Waals surface area contributed by atoms with E-state index in [-0.39, 0.29) is 36.2 Å². The maximum atomic E-state index is 6.51. The Morgan fingerprint density at radius 2 is 0.925 bits per heavy atom. The second kappa shape index (κ2) is 17.0. The molecule has 0 spiro atoms. The van der Waals surface area contributed by atoms with Crippen molar-refractivity contribution in [3.63, 3.8) is 0 Å². The predicted molar refractivity (Wildman–Crippen MR) is 170 cm³/mol. The van der Waals surface area contributed by atoms with Crippen molar-refractivity contribution in [2.75, 3.05) is 6.16 Å². The first-order valence-corrected chi connectivity index (χ1v) is 17.4. The van der Waals surface area contributed by atoms with Gasteiger partial charge in [-0.05, 0) is 69.5 Å². The van der Waals surface area contributed by atoms with Gasteiger partial charge in [0, 0.05) is 0 Å². The fourth-order valence-electron chi connectivity index (χ4n) is 6.29. The van der Waals surface area contributed by atoms with Crippen LogP contribution in [-0.2, 0) is 9.47 Å². The molecule has 1 heterocycles. The average molecular weight is 673 g/mol. The summed E-state index contributed by atoms with van der Waals surface area (Å²) in [4.78, 5) is 0. The average Bonchev–Trinajstić information content (AvgIpc) is 3.27. The summed E-state index contributed by atoms with van der Waals surface area (Å²) in [5.74, 6) is -0.486. The molecule has 40 heavy (non-hydrogen) atoms. The molecular formula is C36H50IO2P. The number of unbranched alkanes of at least 4 members (excludes halogenated alkanes) is 7. The molecule has 1 aliphatic rings. The molecule has 0 bridgehead atoms. The summed E-state index contributed by atoms with van der Waals surface area (Å²) in [5.41, 5.74) is 0. The van der Waals surface area contributed by atoms with E-state index in [2.05, 4.69) is 112 Å². The Bertz CT molecular complexity index is 977. The lowest BCUT2D eigenvalue weighted by molar-refractivity contribution is -0.147. The first-order valence-electron chi connectivity index (χ1n) is 15.5. The third-order valence-electron chi connectivity index (χ3n) is 8.20. The van der Waals surface area contributed by atoms with Crippen LogP contribution in [0.2, 0.25) is 0 Å². The molecule has 3 aromatic carbocycles. The Morgan fingerprint density at radius 3 is 1.35 bits per heavy atom. The Labute approximate surface area is 262 Å². The number of rotatable bonds is 16. The van der Waals surface area contributed by atoms with Gasteiger partial charge in [-0.15, -0.1) is 0 Å². The van der Waals surface area contributed by atoms with Crippen molar-refractivity contribution in [2.24, 2.45) is 0 Å². The summed E-state index contributed by atoms with van der Waals surface area (Å²) in [6.07, 6.45) is 15.5. The van der Waals surface area contributed by atoms with Gasteiger partial charge in [-0.2, -0.15) is 0 Å². The van der Waals surface area contributed by atoms with Gasteiger partial charge in [0.2, 0.25) is 0 Å². The molecule has 1 saturated heterocycles. The topological polar surface area (TPSA) is 18.5 Å². The fraction of sp³-hybridized carbons (Fsp3) is 0.500. The van der Waals surface area contributed by atoms with Crippen LogP contribution >= 0.6 is 7.26 Å². The molecule has 2 atom stereocenters. The van der Waals surface area contributed by atoms with Crippen molar-refractivity contribution in [2.45, 2.75) is 109 Å². The van der Waals surface area contributed by atoms with Crippen LogP contribution in [0.25, 0.3) is 0 Å². The van der Waals surface area contributed by atoms with Gasteiger partial charge in [0.05, 0.1) is 18.4 Å². The largest absolute Gasteiger partial charge is 1.00 e. The Kier molecular flexibility index (Phi) is 14.1. The van der Waals surface area contributed by atoms with Gasteiger partial charge >= 0.3 is 0 Å². The van der Waals surface area contributed by atoms with E-state index in [1.54, 1.807) is 0 Å². The first-order chi connectivity index (χ1) is 19.0. The number of hydrogen-bond donors (Lipinski definition) is 0. The van der Waals surface area contributed by atoms with E-state index in [4.69, 9.17) is 9.47 Å². The first kappa shape index (κ1) is 33.2. The summed E-state index contributed by atoms with van der Waals surface area (Å²) in [6.45, 7) is 6.46. The zero-order valence-electron chi connectivity index (χ0n) is 24.9. The standard InChI is InChI=1S/C36H50O2P.HI/c1-4-5-6-7-8-9-10-20-28-34-35(38-36(2,3)37-34)29-21-30-39(31-22-14-11-15-23-31,32-24-16-12-17-25-32)33-26-18-13-19-27-33;/h11-19,22-27,34-35H,4-10,20-21,28-30H2,1-3H3;1H/q+1;/p-1/t34-,35-;/m0./s1. The van der Waals surface area contributed by atoms with Crippen LogP contribution in [0, 0.1) is 0 Å². The van der Waals surface area contributed by atoms with E-state index in [0.717, 1.165) is 25.4 Å². The van der Waals surface area contributed by atoms with Gasteiger partial charge in [0.25, 0.3) is 0 Å². The molecule has 0 N–H and O–H groups in total. The fourth-order valence-corrected chi connectivity index (χ4v) is 10.7. The zero-order chi connectivity index (χ0) is 27.4. The van der Waals surface area contributed by atoms with E-state index in [1.807, 2.05) is 0 Å².